The number of fused-ring (bicyclic) bond motifs is 3. The highest BCUT2D eigenvalue weighted by Crippen LogP contribution is 2.25. The first-order valence-electron chi connectivity index (χ1n) is 7.29. The van der Waals surface area contributed by atoms with E-state index in [1.165, 1.54) is 6.08 Å². The Morgan fingerprint density at radius 3 is 2.73 bits per heavy atom. The first kappa shape index (κ1) is 14.3. The number of aromatic nitrogens is 2. The van der Waals surface area contributed by atoms with Gasteiger partial charge in [-0.15, -0.1) is 0 Å². The normalized spacial score (nSPS) is 12.3. The van der Waals surface area contributed by atoms with Crippen molar-refractivity contribution in [2.75, 3.05) is 0 Å². The van der Waals surface area contributed by atoms with E-state index < -0.39 is 0 Å². The molecule has 2 N–H and O–H groups in total. The van der Waals surface area contributed by atoms with Gasteiger partial charge in [0, 0.05) is 27.9 Å². The van der Waals surface area contributed by atoms with Crippen molar-refractivity contribution in [2.45, 2.75) is 26.3 Å². The zero-order valence-corrected chi connectivity index (χ0v) is 13.0. The standard InChI is InChI=1S/C18H19N3O/c1-18(2,3)21-17(22)9-8-12-10-14-13-6-4-5-7-15(13)20-16(14)11-19-12/h4-11,20H,1-3H3,(H,21,22)/b9-8+. The molecule has 0 saturated carbocycles. The third-order valence-corrected chi connectivity index (χ3v) is 3.32. The molecule has 1 amide bonds. The highest BCUT2D eigenvalue weighted by Gasteiger charge is 2.11. The van der Waals surface area contributed by atoms with Crippen molar-refractivity contribution in [3.8, 4) is 0 Å². The lowest BCUT2D eigenvalue weighted by Gasteiger charge is -2.18. The topological polar surface area (TPSA) is 57.8 Å². The van der Waals surface area contributed by atoms with Gasteiger partial charge in [0.1, 0.15) is 0 Å². The van der Waals surface area contributed by atoms with Crippen LogP contribution in [0.3, 0.4) is 0 Å². The number of carbonyl (C=O) groups is 1. The number of nitrogens with zero attached hydrogens (tertiary/aromatic N) is 1. The summed E-state index contributed by atoms with van der Waals surface area (Å²) in [6, 6.07) is 10.1. The molecule has 0 unspecified atom stereocenters. The zero-order valence-electron chi connectivity index (χ0n) is 13.0. The Morgan fingerprint density at radius 1 is 1.18 bits per heavy atom. The molecule has 4 heteroatoms. The van der Waals surface area contributed by atoms with Gasteiger partial charge < -0.3 is 10.3 Å². The number of H-pyrrole nitrogens is 1. The first-order valence-corrected chi connectivity index (χ1v) is 7.29. The molecule has 0 saturated heterocycles. The number of para-hydroxylation sites is 1. The van der Waals surface area contributed by atoms with Crippen LogP contribution in [0.4, 0.5) is 0 Å². The molecule has 112 valence electrons. The number of pyridine rings is 1. The molecule has 2 heterocycles. The van der Waals surface area contributed by atoms with Crippen LogP contribution in [0.5, 0.6) is 0 Å². The Kier molecular flexibility index (Phi) is 3.45. The van der Waals surface area contributed by atoms with E-state index >= 15 is 0 Å². The number of nitrogens with one attached hydrogen (secondary N) is 2. The molecule has 2 aromatic heterocycles. The molecule has 0 bridgehead atoms. The molecule has 22 heavy (non-hydrogen) atoms. The summed E-state index contributed by atoms with van der Waals surface area (Å²) in [4.78, 5) is 19.5. The molecule has 0 aliphatic rings. The van der Waals surface area contributed by atoms with Crippen LogP contribution < -0.4 is 5.32 Å². The predicted octanol–water partition coefficient (Wildman–Crippen LogP) is 3.64. The molecule has 1 aromatic carbocycles. The minimum Gasteiger partial charge on any atom is -0.353 e. The quantitative estimate of drug-likeness (QED) is 0.709. The zero-order chi connectivity index (χ0) is 15.7. The second-order valence-corrected chi connectivity index (χ2v) is 6.40. The van der Waals surface area contributed by atoms with Crippen LogP contribution in [0.15, 0.2) is 42.6 Å². The van der Waals surface area contributed by atoms with E-state index in [1.54, 1.807) is 12.3 Å². The lowest BCUT2D eigenvalue weighted by atomic mass is 10.1. The number of aromatic amines is 1. The lowest BCUT2D eigenvalue weighted by molar-refractivity contribution is -0.117. The summed E-state index contributed by atoms with van der Waals surface area (Å²) in [5, 5.41) is 5.16. The van der Waals surface area contributed by atoms with Crippen LogP contribution in [0.1, 0.15) is 26.5 Å². The molecule has 0 spiro atoms. The summed E-state index contributed by atoms with van der Waals surface area (Å²) >= 11 is 0. The molecule has 0 fully saturated rings. The molecule has 0 aliphatic heterocycles. The lowest BCUT2D eigenvalue weighted by Crippen LogP contribution is -2.39. The van der Waals surface area contributed by atoms with Crippen LogP contribution in [0, 0.1) is 0 Å². The summed E-state index contributed by atoms with van der Waals surface area (Å²) < 4.78 is 0. The average molecular weight is 293 g/mol. The van der Waals surface area contributed by atoms with Gasteiger partial charge in [-0.1, -0.05) is 18.2 Å². The number of amides is 1. The van der Waals surface area contributed by atoms with E-state index in [4.69, 9.17) is 0 Å². The molecule has 4 nitrogen and oxygen atoms in total. The van der Waals surface area contributed by atoms with Crippen molar-refractivity contribution < 1.29 is 4.79 Å². The van der Waals surface area contributed by atoms with Crippen molar-refractivity contribution in [1.82, 2.24) is 15.3 Å². The average Bonchev–Trinajstić information content (AvgIpc) is 2.81. The van der Waals surface area contributed by atoms with Crippen LogP contribution >= 0.6 is 0 Å². The van der Waals surface area contributed by atoms with E-state index in [0.29, 0.717) is 0 Å². The Labute approximate surface area is 129 Å². The maximum Gasteiger partial charge on any atom is 0.244 e. The van der Waals surface area contributed by atoms with E-state index in [2.05, 4.69) is 21.4 Å². The Bertz CT molecular complexity index is 869. The highest BCUT2D eigenvalue weighted by molar-refractivity contribution is 6.07. The van der Waals surface area contributed by atoms with Crippen molar-refractivity contribution in [3.63, 3.8) is 0 Å². The smallest absolute Gasteiger partial charge is 0.244 e. The van der Waals surface area contributed by atoms with Gasteiger partial charge in [-0.3, -0.25) is 9.78 Å². The van der Waals surface area contributed by atoms with Crippen molar-refractivity contribution in [2.24, 2.45) is 0 Å². The molecule has 0 radical (unpaired) electrons. The first-order chi connectivity index (χ1) is 10.4. The maximum atomic E-state index is 11.8. The maximum absolute atomic E-state index is 11.8. The summed E-state index contributed by atoms with van der Waals surface area (Å²) in [6.45, 7) is 5.86. The fourth-order valence-corrected chi connectivity index (χ4v) is 2.43. The molecular formula is C18H19N3O. The van der Waals surface area contributed by atoms with Gasteiger partial charge in [0.2, 0.25) is 5.91 Å². The van der Waals surface area contributed by atoms with Crippen LogP contribution in [-0.4, -0.2) is 21.4 Å². The van der Waals surface area contributed by atoms with Gasteiger partial charge in [-0.2, -0.15) is 0 Å². The Balaban J connectivity index is 1.92. The van der Waals surface area contributed by atoms with E-state index in [-0.39, 0.29) is 11.4 Å². The number of benzene rings is 1. The molecule has 0 aliphatic carbocycles. The van der Waals surface area contributed by atoms with Crippen molar-refractivity contribution in [3.05, 3.63) is 48.3 Å². The number of rotatable bonds is 2. The van der Waals surface area contributed by atoms with Gasteiger partial charge in [-0.05, 0) is 39.0 Å². The van der Waals surface area contributed by atoms with Gasteiger partial charge >= 0.3 is 0 Å². The number of carbonyl (C=O) groups excluding carboxylic acids is 1. The third kappa shape index (κ3) is 3.01. The van der Waals surface area contributed by atoms with Crippen LogP contribution in [0.2, 0.25) is 0 Å². The van der Waals surface area contributed by atoms with Gasteiger partial charge in [-0.25, -0.2) is 0 Å². The van der Waals surface area contributed by atoms with E-state index in [0.717, 1.165) is 27.5 Å². The minimum atomic E-state index is -0.240. The largest absolute Gasteiger partial charge is 0.353 e. The minimum absolute atomic E-state index is 0.117. The fraction of sp³-hybridized carbons (Fsp3) is 0.222. The second-order valence-electron chi connectivity index (χ2n) is 6.40. The second kappa shape index (κ2) is 5.30. The van der Waals surface area contributed by atoms with Gasteiger partial charge in [0.15, 0.2) is 0 Å². The Morgan fingerprint density at radius 2 is 1.95 bits per heavy atom. The predicted molar refractivity (Wildman–Crippen MR) is 90.5 cm³/mol. The van der Waals surface area contributed by atoms with Crippen molar-refractivity contribution >= 4 is 33.8 Å². The monoisotopic (exact) mass is 293 g/mol. The fourth-order valence-electron chi connectivity index (χ4n) is 2.43. The Hall–Kier alpha value is -2.62. The molecular weight excluding hydrogens is 274 g/mol. The molecule has 0 atom stereocenters. The molecule has 3 rings (SSSR count). The number of hydrogen-bond acceptors (Lipinski definition) is 2. The van der Waals surface area contributed by atoms with Crippen LogP contribution in [0.25, 0.3) is 27.9 Å². The molecule has 3 aromatic rings. The van der Waals surface area contributed by atoms with E-state index in [9.17, 15) is 4.79 Å². The van der Waals surface area contributed by atoms with Crippen LogP contribution in [-0.2, 0) is 4.79 Å². The summed E-state index contributed by atoms with van der Waals surface area (Å²) in [6.07, 6.45) is 5.06. The summed E-state index contributed by atoms with van der Waals surface area (Å²) in [5.41, 5.74) is 2.61. The van der Waals surface area contributed by atoms with Crippen molar-refractivity contribution in [1.29, 1.82) is 0 Å². The van der Waals surface area contributed by atoms with E-state index in [1.807, 2.05) is 45.0 Å². The van der Waals surface area contributed by atoms with Gasteiger partial charge in [0.25, 0.3) is 0 Å². The summed E-state index contributed by atoms with van der Waals surface area (Å²) in [7, 11) is 0. The highest BCUT2D eigenvalue weighted by atomic mass is 16.1. The SMILES string of the molecule is CC(C)(C)NC(=O)/C=C/c1cc2c(cn1)[nH]c1ccccc12. The number of hydrogen-bond donors (Lipinski definition) is 2. The van der Waals surface area contributed by atoms with Gasteiger partial charge in [0.05, 0.1) is 17.4 Å². The third-order valence-electron chi connectivity index (χ3n) is 3.32. The summed E-state index contributed by atoms with van der Waals surface area (Å²) in [5.74, 6) is -0.117.